The van der Waals surface area contributed by atoms with Crippen molar-refractivity contribution < 1.29 is 9.59 Å². The molecule has 0 bridgehead atoms. The van der Waals surface area contributed by atoms with Crippen LogP contribution in [0.1, 0.15) is 335 Å². The summed E-state index contributed by atoms with van der Waals surface area (Å²) < 4.78 is 0. The first-order chi connectivity index (χ1) is 38.3. The molecule has 2 atom stereocenters. The molecule has 0 aliphatic carbocycles. The number of allylic oxidation sites excluding steroid dienone is 2. The molecule has 0 spiro atoms. The Balaban J connectivity index is 1.78. The van der Waals surface area contributed by atoms with E-state index in [4.69, 9.17) is 0 Å². The van der Waals surface area contributed by atoms with Crippen molar-refractivity contribution in [1.82, 2.24) is 31.2 Å². The molecule has 0 aromatic carbocycles. The molecule has 0 saturated heterocycles. The Morgan fingerprint density at radius 2 is 0.808 bits per heavy atom. The largest absolute Gasteiger partial charge is 0.338 e. The fourth-order valence-electron chi connectivity index (χ4n) is 11.5. The number of aromatic nitrogens is 2. The molecule has 450 valence electrons. The fraction of sp³-hybridized carbons (Fsp3) is 0.836. The molecule has 1 aliphatic heterocycles. The number of hydrogen-bond acceptors (Lipinski definition) is 6. The minimum atomic E-state index is -0.315. The zero-order valence-electron chi connectivity index (χ0n) is 51.5. The number of aryl methyl sites for hydroxylation is 1. The van der Waals surface area contributed by atoms with Crippen molar-refractivity contribution in [3.05, 3.63) is 46.2 Å². The quantitative estimate of drug-likeness (QED) is 0.0359. The number of hydrogen-bond donors (Lipinski definition) is 6. The first-order valence-corrected chi connectivity index (χ1v) is 33.7. The molecule has 11 heteroatoms. The van der Waals surface area contributed by atoms with Gasteiger partial charge in [-0.1, -0.05) is 304 Å². The predicted molar refractivity (Wildman–Crippen MR) is 337 cm³/mol. The van der Waals surface area contributed by atoms with Gasteiger partial charge >= 0.3 is 12.1 Å². The summed E-state index contributed by atoms with van der Waals surface area (Å²) in [5.74, 6) is 2.41. The fourth-order valence-corrected chi connectivity index (χ4v) is 11.5. The highest BCUT2D eigenvalue weighted by atomic mass is 16.2. The minimum absolute atomic E-state index is 0.202. The van der Waals surface area contributed by atoms with Crippen LogP contribution in [0.3, 0.4) is 0 Å². The van der Waals surface area contributed by atoms with Gasteiger partial charge in [-0.15, -0.1) is 0 Å². The summed E-state index contributed by atoms with van der Waals surface area (Å²) in [4.78, 5) is 49.3. The molecule has 2 rings (SSSR count). The second-order valence-corrected chi connectivity index (χ2v) is 23.7. The predicted octanol–water partition coefficient (Wildman–Crippen LogP) is 19.7. The van der Waals surface area contributed by atoms with Crippen LogP contribution in [0.15, 0.2) is 39.9 Å². The number of anilines is 1. The van der Waals surface area contributed by atoms with E-state index < -0.39 is 0 Å². The molecule has 4 amide bonds. The monoisotopic (exact) mass is 1090 g/mol. The first-order valence-electron chi connectivity index (χ1n) is 33.7. The van der Waals surface area contributed by atoms with Crippen LogP contribution in [0, 0.1) is 11.8 Å². The molecule has 0 radical (unpaired) electrons. The van der Waals surface area contributed by atoms with Gasteiger partial charge in [0.1, 0.15) is 0 Å². The van der Waals surface area contributed by atoms with Gasteiger partial charge in [-0.3, -0.25) is 15.4 Å². The van der Waals surface area contributed by atoms with Crippen molar-refractivity contribution in [2.24, 2.45) is 16.8 Å². The van der Waals surface area contributed by atoms with E-state index in [-0.39, 0.29) is 23.6 Å². The third kappa shape index (κ3) is 41.4. The van der Waals surface area contributed by atoms with Crippen LogP contribution in [0.2, 0.25) is 0 Å². The van der Waals surface area contributed by atoms with Gasteiger partial charge in [-0.2, -0.15) is 4.98 Å². The Morgan fingerprint density at radius 1 is 0.462 bits per heavy atom. The minimum Gasteiger partial charge on any atom is -0.338 e. The van der Waals surface area contributed by atoms with E-state index in [1.807, 2.05) is 6.08 Å². The van der Waals surface area contributed by atoms with Gasteiger partial charge in [0.2, 0.25) is 11.9 Å². The van der Waals surface area contributed by atoms with Crippen molar-refractivity contribution in [3.8, 4) is 0 Å². The molecule has 6 N–H and O–H groups in total. The second-order valence-electron chi connectivity index (χ2n) is 23.7. The highest BCUT2D eigenvalue weighted by Gasteiger charge is 2.21. The van der Waals surface area contributed by atoms with E-state index in [1.54, 1.807) is 6.07 Å². The van der Waals surface area contributed by atoms with Crippen LogP contribution in [0.25, 0.3) is 0 Å². The highest BCUT2D eigenvalue weighted by Crippen LogP contribution is 2.34. The summed E-state index contributed by atoms with van der Waals surface area (Å²) in [7, 11) is 0. The van der Waals surface area contributed by atoms with Crippen LogP contribution in [0.4, 0.5) is 15.5 Å². The lowest BCUT2D eigenvalue weighted by Crippen LogP contribution is -2.46. The number of rotatable bonds is 54. The summed E-state index contributed by atoms with van der Waals surface area (Å²) in [6.45, 7) is 14.5. The van der Waals surface area contributed by atoms with Crippen molar-refractivity contribution in [2.45, 2.75) is 336 Å². The van der Waals surface area contributed by atoms with Crippen LogP contribution in [0.5, 0.6) is 0 Å². The van der Waals surface area contributed by atoms with E-state index >= 15 is 0 Å². The standard InChI is InChI=1S/C67H124N8O3/c1-6-10-14-18-22-26-32-40-48-59(50-42-34-28-30-38-46-54-68-66(77)74-64-70-58(5)56-61(71-64)52-44-36-24-20-16-12-8-3)60(49-41-33-27-23-19-15-11-7-2)51-43-35-29-31-39-47-55-69-67(78)75-65-72-62(57-63(76)73-65)53-45-37-25-21-17-13-9-4/h56-57,59-60H,5-55H2,1-4H3,(H3,68,70,71,74,77)(H3,69,72,73,75,76,78). The number of guanidine groups is 1. The molecular weight excluding hydrogens is 965 g/mol. The summed E-state index contributed by atoms with van der Waals surface area (Å²) in [5, 5.41) is 15.0. The Bertz CT molecular complexity index is 1730. The van der Waals surface area contributed by atoms with Crippen LogP contribution in [-0.2, 0) is 6.42 Å². The summed E-state index contributed by atoms with van der Waals surface area (Å²) in [5.41, 5.74) is 2.28. The molecule has 78 heavy (non-hydrogen) atoms. The zero-order chi connectivity index (χ0) is 56.2. The van der Waals surface area contributed by atoms with Gasteiger partial charge in [0, 0.05) is 30.5 Å². The Hall–Kier alpha value is -3.63. The highest BCUT2D eigenvalue weighted by molar-refractivity contribution is 5.98. The van der Waals surface area contributed by atoms with Crippen molar-refractivity contribution in [3.63, 3.8) is 0 Å². The molecule has 1 aliphatic rings. The third-order valence-corrected chi connectivity index (χ3v) is 16.3. The molecular formula is C67H124N8O3. The topological polar surface area (TPSA) is 152 Å². The first kappa shape index (κ1) is 70.5. The Morgan fingerprint density at radius 3 is 1.22 bits per heavy atom. The number of unbranched alkanes of at least 4 members (excludes halogenated alkanes) is 36. The maximum absolute atomic E-state index is 12.8. The number of aliphatic imine (C=N–C) groups is 1. The lowest BCUT2D eigenvalue weighted by atomic mass is 9.78. The molecule has 2 heterocycles. The van der Waals surface area contributed by atoms with Gasteiger partial charge in [-0.25, -0.2) is 14.6 Å². The van der Waals surface area contributed by atoms with Crippen LogP contribution >= 0.6 is 0 Å². The number of nitrogens with one attached hydrogen (secondary N) is 6. The van der Waals surface area contributed by atoms with Crippen molar-refractivity contribution >= 4 is 24.0 Å². The van der Waals surface area contributed by atoms with Gasteiger partial charge in [0.05, 0.1) is 5.70 Å². The van der Waals surface area contributed by atoms with E-state index in [9.17, 15) is 14.4 Å². The number of H-pyrrole nitrogens is 1. The number of aromatic amines is 1. The zero-order valence-corrected chi connectivity index (χ0v) is 51.5. The van der Waals surface area contributed by atoms with Crippen molar-refractivity contribution in [2.75, 3.05) is 18.4 Å². The summed E-state index contributed by atoms with van der Waals surface area (Å²) >= 11 is 0. The number of amides is 4. The second kappa shape index (κ2) is 51.5. The van der Waals surface area contributed by atoms with Gasteiger partial charge < -0.3 is 20.9 Å². The third-order valence-electron chi connectivity index (χ3n) is 16.3. The molecule has 2 unspecified atom stereocenters. The molecule has 0 saturated carbocycles. The lowest BCUT2D eigenvalue weighted by Gasteiger charge is -2.28. The summed E-state index contributed by atoms with van der Waals surface area (Å²) in [6.07, 6.45) is 63.5. The maximum atomic E-state index is 12.8. The van der Waals surface area contributed by atoms with E-state index in [0.29, 0.717) is 24.7 Å². The average molecular weight is 1090 g/mol. The molecule has 1 aromatic rings. The number of carbonyl (C=O) groups excluding carboxylic acids is 2. The average Bonchev–Trinajstić information content (AvgIpc) is 3.42. The van der Waals surface area contributed by atoms with Crippen LogP contribution < -0.4 is 32.1 Å². The van der Waals surface area contributed by atoms with Gasteiger partial charge in [0.25, 0.3) is 5.56 Å². The van der Waals surface area contributed by atoms with E-state index in [2.05, 4.69) is 75.8 Å². The molecule has 1 aromatic heterocycles. The number of urea groups is 2. The van der Waals surface area contributed by atoms with Gasteiger partial charge in [0.15, 0.2) is 0 Å². The smallest absolute Gasteiger partial charge is 0.321 e. The van der Waals surface area contributed by atoms with Crippen LogP contribution in [-0.4, -0.2) is 41.1 Å². The number of nitrogens with zero attached hydrogens (tertiary/aromatic N) is 2. The molecule has 0 fully saturated rings. The Labute approximate surface area is 480 Å². The van der Waals surface area contributed by atoms with E-state index in [1.165, 1.54) is 250 Å². The van der Waals surface area contributed by atoms with E-state index in [0.717, 1.165) is 81.0 Å². The Kier molecular flexibility index (Phi) is 46.5. The van der Waals surface area contributed by atoms with Gasteiger partial charge in [-0.05, 0) is 56.4 Å². The normalized spacial score (nSPS) is 13.2. The maximum Gasteiger partial charge on any atom is 0.321 e. The summed E-state index contributed by atoms with van der Waals surface area (Å²) in [6, 6.07) is 1.05. The number of carbonyl (C=O) groups is 2. The molecule has 11 nitrogen and oxygen atoms in total. The SMILES string of the molecule is C=C1C=C(CCCCCCCCC)NC(NC(=O)NCCCCCCCCC(CCCCCCCCCC)C(CCCCCCCCCC)CCCCCCCCNC(=O)Nc2nc(=O)cc(CCCCCCCCC)[nH]2)=N1. The lowest BCUT2D eigenvalue weighted by molar-refractivity contribution is 0.236. The van der Waals surface area contributed by atoms with Crippen molar-refractivity contribution in [1.29, 1.82) is 0 Å².